The predicted molar refractivity (Wildman–Crippen MR) is 109 cm³/mol. The molecule has 4 rings (SSSR count). The number of para-hydroxylation sites is 2. The molecule has 0 saturated heterocycles. The molecule has 4 aromatic rings. The van der Waals surface area contributed by atoms with Crippen LogP contribution in [-0.2, 0) is 16.1 Å². The molecule has 2 heterocycles. The number of nitrogens with zero attached hydrogens (tertiary/aromatic N) is 2. The highest BCUT2D eigenvalue weighted by Crippen LogP contribution is 2.22. The molecule has 0 spiro atoms. The van der Waals surface area contributed by atoms with E-state index in [4.69, 9.17) is 9.15 Å². The number of benzene rings is 2. The number of ether oxygens (including phenoxy) is 1. The summed E-state index contributed by atoms with van der Waals surface area (Å²) < 4.78 is 11.2. The van der Waals surface area contributed by atoms with Gasteiger partial charge < -0.3 is 14.1 Å². The highest BCUT2D eigenvalue weighted by Gasteiger charge is 2.19. The molecule has 0 aliphatic rings. The second-order valence-corrected chi connectivity index (χ2v) is 7.50. The Kier molecular flexibility index (Phi) is 5.09. The summed E-state index contributed by atoms with van der Waals surface area (Å²) in [4.78, 5) is 42.5. The van der Waals surface area contributed by atoms with Crippen molar-refractivity contribution in [1.82, 2.24) is 9.88 Å². The summed E-state index contributed by atoms with van der Waals surface area (Å²) in [6, 6.07) is 16.0. The van der Waals surface area contributed by atoms with Gasteiger partial charge in [0, 0.05) is 12.4 Å². The third-order valence-electron chi connectivity index (χ3n) is 4.32. The van der Waals surface area contributed by atoms with Gasteiger partial charge in [-0.1, -0.05) is 30.3 Å². The molecule has 0 radical (unpaired) electrons. The van der Waals surface area contributed by atoms with E-state index in [1.807, 2.05) is 24.3 Å². The van der Waals surface area contributed by atoms with E-state index < -0.39 is 24.1 Å². The molecule has 1 amide bonds. The van der Waals surface area contributed by atoms with Crippen LogP contribution in [0.15, 0.2) is 63.8 Å². The van der Waals surface area contributed by atoms with E-state index >= 15 is 0 Å². The lowest BCUT2D eigenvalue weighted by atomic mass is 10.2. The maximum Gasteiger partial charge on any atom is 0.351 e. The number of rotatable bonds is 5. The number of likely N-dealkylation sites (N-methyl/N-ethyl adjacent to an activating group) is 1. The fraction of sp³-hybridized carbons (Fsp3) is 0.143. The maximum atomic E-state index is 12.3. The Morgan fingerprint density at radius 3 is 2.72 bits per heavy atom. The molecule has 0 N–H and O–H groups in total. The van der Waals surface area contributed by atoms with Crippen LogP contribution in [0.5, 0.6) is 0 Å². The van der Waals surface area contributed by atoms with Crippen molar-refractivity contribution >= 4 is 44.4 Å². The number of hydrogen-bond donors (Lipinski definition) is 0. The van der Waals surface area contributed by atoms with E-state index in [1.54, 1.807) is 31.3 Å². The molecule has 0 atom stereocenters. The van der Waals surface area contributed by atoms with Crippen LogP contribution in [0.3, 0.4) is 0 Å². The highest BCUT2D eigenvalue weighted by molar-refractivity contribution is 7.18. The average Bonchev–Trinajstić information content (AvgIpc) is 3.13. The van der Waals surface area contributed by atoms with Crippen molar-refractivity contribution in [2.24, 2.45) is 0 Å². The molecule has 146 valence electrons. The first-order valence-corrected chi connectivity index (χ1v) is 9.61. The molecule has 29 heavy (non-hydrogen) atoms. The number of amides is 1. The summed E-state index contributed by atoms with van der Waals surface area (Å²) in [6.07, 6.45) is 0. The Labute approximate surface area is 169 Å². The normalized spacial score (nSPS) is 10.9. The fourth-order valence-corrected chi connectivity index (χ4v) is 3.82. The van der Waals surface area contributed by atoms with Crippen LogP contribution in [0.1, 0.15) is 15.4 Å². The Hall–Kier alpha value is -3.52. The van der Waals surface area contributed by atoms with Crippen LogP contribution < -0.4 is 5.63 Å². The van der Waals surface area contributed by atoms with Gasteiger partial charge in [-0.25, -0.2) is 14.6 Å². The van der Waals surface area contributed by atoms with Gasteiger partial charge in [-0.15, -0.1) is 11.3 Å². The van der Waals surface area contributed by atoms with Crippen LogP contribution in [0.4, 0.5) is 0 Å². The minimum absolute atomic E-state index is 0.245. The molecule has 0 aliphatic carbocycles. The zero-order valence-electron chi connectivity index (χ0n) is 15.5. The second kappa shape index (κ2) is 7.84. The molecule has 0 unspecified atom stereocenters. The fourth-order valence-electron chi connectivity index (χ4n) is 2.80. The minimum Gasteiger partial charge on any atom is -0.452 e. The summed E-state index contributed by atoms with van der Waals surface area (Å²) in [7, 11) is 1.60. The number of carbonyl (C=O) groups excluding carboxylic acids is 2. The highest BCUT2D eigenvalue weighted by atomic mass is 32.1. The summed E-state index contributed by atoms with van der Waals surface area (Å²) in [6.45, 7) is -0.180. The number of thiazole rings is 1. The van der Waals surface area contributed by atoms with Crippen molar-refractivity contribution in [3.05, 3.63) is 75.6 Å². The molecule has 2 aromatic heterocycles. The molecular formula is C21H16N2O5S. The molecule has 0 fully saturated rings. The van der Waals surface area contributed by atoms with E-state index in [2.05, 4.69) is 4.98 Å². The number of aromatic nitrogens is 1. The summed E-state index contributed by atoms with van der Waals surface area (Å²) in [5, 5.41) is 1.38. The van der Waals surface area contributed by atoms with Crippen molar-refractivity contribution in [2.45, 2.75) is 6.54 Å². The molecule has 0 bridgehead atoms. The van der Waals surface area contributed by atoms with Crippen molar-refractivity contribution in [3.63, 3.8) is 0 Å². The molecule has 8 heteroatoms. The SMILES string of the molecule is CN(Cc1nc2ccccc2s1)C(=O)COC(=O)c1cc2ccccc2oc1=O. The Morgan fingerprint density at radius 2 is 1.90 bits per heavy atom. The lowest BCUT2D eigenvalue weighted by Crippen LogP contribution is -2.31. The van der Waals surface area contributed by atoms with Gasteiger partial charge in [-0.3, -0.25) is 4.79 Å². The van der Waals surface area contributed by atoms with Crippen LogP contribution in [0.2, 0.25) is 0 Å². The van der Waals surface area contributed by atoms with Crippen molar-refractivity contribution in [3.8, 4) is 0 Å². The first kappa shape index (κ1) is 18.8. The smallest absolute Gasteiger partial charge is 0.351 e. The van der Waals surface area contributed by atoms with Gasteiger partial charge in [-0.2, -0.15) is 0 Å². The van der Waals surface area contributed by atoms with Crippen molar-refractivity contribution in [1.29, 1.82) is 0 Å². The zero-order valence-corrected chi connectivity index (χ0v) is 16.3. The quantitative estimate of drug-likeness (QED) is 0.372. The number of hydrogen-bond acceptors (Lipinski definition) is 7. The summed E-state index contributed by atoms with van der Waals surface area (Å²) >= 11 is 1.50. The van der Waals surface area contributed by atoms with Gasteiger partial charge >= 0.3 is 11.6 Å². The van der Waals surface area contributed by atoms with Gasteiger partial charge in [0.2, 0.25) is 0 Å². The van der Waals surface area contributed by atoms with Gasteiger partial charge in [0.05, 0.1) is 16.8 Å². The third-order valence-corrected chi connectivity index (χ3v) is 5.35. The Morgan fingerprint density at radius 1 is 1.14 bits per heavy atom. The van der Waals surface area contributed by atoms with Crippen LogP contribution in [-0.4, -0.2) is 35.4 Å². The standard InChI is InChI=1S/C21H16N2O5S/c1-23(11-18-22-15-7-3-5-9-17(15)29-18)19(24)12-27-20(25)14-10-13-6-2-4-8-16(13)28-21(14)26/h2-10H,11-12H2,1H3. The van der Waals surface area contributed by atoms with E-state index in [-0.39, 0.29) is 5.56 Å². The van der Waals surface area contributed by atoms with E-state index in [1.165, 1.54) is 22.3 Å². The molecule has 7 nitrogen and oxygen atoms in total. The Bertz CT molecular complexity index is 1240. The lowest BCUT2D eigenvalue weighted by molar-refractivity contribution is -0.133. The van der Waals surface area contributed by atoms with Crippen molar-refractivity contribution < 1.29 is 18.7 Å². The monoisotopic (exact) mass is 408 g/mol. The van der Waals surface area contributed by atoms with Gasteiger partial charge in [-0.05, 0) is 24.3 Å². The van der Waals surface area contributed by atoms with E-state index in [0.29, 0.717) is 17.5 Å². The van der Waals surface area contributed by atoms with Gasteiger partial charge in [0.15, 0.2) is 6.61 Å². The van der Waals surface area contributed by atoms with E-state index in [0.717, 1.165) is 15.2 Å². The summed E-state index contributed by atoms with van der Waals surface area (Å²) in [5.74, 6) is -1.30. The largest absolute Gasteiger partial charge is 0.452 e. The van der Waals surface area contributed by atoms with Gasteiger partial charge in [0.25, 0.3) is 5.91 Å². The van der Waals surface area contributed by atoms with Gasteiger partial charge in [0.1, 0.15) is 16.2 Å². The number of fused-ring (bicyclic) bond motifs is 2. The molecule has 0 saturated carbocycles. The van der Waals surface area contributed by atoms with E-state index in [9.17, 15) is 14.4 Å². The Balaban J connectivity index is 1.40. The molecule has 0 aliphatic heterocycles. The molecule has 2 aromatic carbocycles. The topological polar surface area (TPSA) is 89.7 Å². The minimum atomic E-state index is -0.897. The lowest BCUT2D eigenvalue weighted by Gasteiger charge is -2.15. The summed E-state index contributed by atoms with van der Waals surface area (Å²) in [5.41, 5.74) is 0.206. The number of esters is 1. The molecular weight excluding hydrogens is 392 g/mol. The second-order valence-electron chi connectivity index (χ2n) is 6.39. The van der Waals surface area contributed by atoms with Crippen LogP contribution >= 0.6 is 11.3 Å². The van der Waals surface area contributed by atoms with Crippen LogP contribution in [0, 0.1) is 0 Å². The maximum absolute atomic E-state index is 12.3. The number of carbonyl (C=O) groups is 2. The third kappa shape index (κ3) is 4.02. The zero-order chi connectivity index (χ0) is 20.4. The van der Waals surface area contributed by atoms with Crippen LogP contribution in [0.25, 0.3) is 21.2 Å². The predicted octanol–water partition coefficient (Wildman–Crippen LogP) is 3.22. The first-order valence-electron chi connectivity index (χ1n) is 8.80. The average molecular weight is 408 g/mol. The van der Waals surface area contributed by atoms with Crippen molar-refractivity contribution in [2.75, 3.05) is 13.7 Å². The first-order chi connectivity index (χ1) is 14.0.